The lowest BCUT2D eigenvalue weighted by Gasteiger charge is -2.29. The molecule has 21 heavy (non-hydrogen) atoms. The van der Waals surface area contributed by atoms with Crippen LogP contribution in [0.3, 0.4) is 0 Å². The summed E-state index contributed by atoms with van der Waals surface area (Å²) in [4.78, 5) is 0. The maximum Gasteiger partial charge on any atom is -0.0123 e. The fraction of sp³-hybridized carbons (Fsp3) is 0.524. The lowest BCUT2D eigenvalue weighted by molar-refractivity contribution is 0.562. The SMILES string of the molecule is C/C=C\C(C)=C(\c1cc(C(C)(C)C)ccc1C)C(C)(C)C. The van der Waals surface area contributed by atoms with Crippen LogP contribution in [0.5, 0.6) is 0 Å². The van der Waals surface area contributed by atoms with E-state index in [1.165, 1.54) is 27.8 Å². The number of rotatable bonds is 2. The van der Waals surface area contributed by atoms with Gasteiger partial charge in [-0.1, -0.05) is 71.9 Å². The number of hydrogen-bond acceptors (Lipinski definition) is 0. The predicted octanol–water partition coefficient (Wildman–Crippen LogP) is 6.69. The monoisotopic (exact) mass is 284 g/mol. The van der Waals surface area contributed by atoms with Gasteiger partial charge in [0.2, 0.25) is 0 Å². The molecule has 0 spiro atoms. The Morgan fingerprint density at radius 1 is 1.00 bits per heavy atom. The van der Waals surface area contributed by atoms with Gasteiger partial charge in [-0.3, -0.25) is 0 Å². The van der Waals surface area contributed by atoms with Gasteiger partial charge in [0.05, 0.1) is 0 Å². The smallest absolute Gasteiger partial charge is 0.0123 e. The summed E-state index contributed by atoms with van der Waals surface area (Å²) in [5, 5.41) is 0. The standard InChI is InChI=1S/C21H32/c1-10-11-16(3)19(21(7,8)9)18-14-17(20(4,5)6)13-12-15(18)2/h10-14H,1-9H3/b11-10-,19-16-. The Hall–Kier alpha value is -1.30. The largest absolute Gasteiger partial charge is 0.0874 e. The van der Waals surface area contributed by atoms with E-state index < -0.39 is 0 Å². The van der Waals surface area contributed by atoms with Gasteiger partial charge in [0.25, 0.3) is 0 Å². The molecule has 0 amide bonds. The Kier molecular flexibility index (Phi) is 5.25. The summed E-state index contributed by atoms with van der Waals surface area (Å²) >= 11 is 0. The highest BCUT2D eigenvalue weighted by molar-refractivity contribution is 5.76. The van der Waals surface area contributed by atoms with Crippen molar-refractivity contribution in [1.29, 1.82) is 0 Å². The van der Waals surface area contributed by atoms with Gasteiger partial charge in [-0.15, -0.1) is 0 Å². The molecule has 0 nitrogen and oxygen atoms in total. The molecule has 0 atom stereocenters. The van der Waals surface area contributed by atoms with Crippen LogP contribution < -0.4 is 0 Å². The molecule has 116 valence electrons. The molecule has 0 aliphatic rings. The Labute approximate surface area is 132 Å². The predicted molar refractivity (Wildman–Crippen MR) is 96.7 cm³/mol. The van der Waals surface area contributed by atoms with Crippen molar-refractivity contribution in [2.45, 2.75) is 67.7 Å². The molecule has 1 aromatic rings. The second-order valence-corrected chi connectivity index (χ2v) is 8.09. The van der Waals surface area contributed by atoms with E-state index in [1.54, 1.807) is 0 Å². The van der Waals surface area contributed by atoms with Crippen LogP contribution in [0.25, 0.3) is 5.57 Å². The molecule has 0 aliphatic carbocycles. The van der Waals surface area contributed by atoms with Crippen LogP contribution in [0, 0.1) is 12.3 Å². The summed E-state index contributed by atoms with van der Waals surface area (Å²) in [7, 11) is 0. The molecule has 0 saturated carbocycles. The molecule has 1 rings (SSSR count). The van der Waals surface area contributed by atoms with Gasteiger partial charge < -0.3 is 0 Å². The maximum absolute atomic E-state index is 2.39. The van der Waals surface area contributed by atoms with Crippen LogP contribution in [-0.2, 0) is 5.41 Å². The molecule has 0 N–H and O–H groups in total. The molecule has 0 radical (unpaired) electrons. The van der Waals surface area contributed by atoms with Crippen molar-refractivity contribution in [3.63, 3.8) is 0 Å². The van der Waals surface area contributed by atoms with Crippen molar-refractivity contribution in [1.82, 2.24) is 0 Å². The van der Waals surface area contributed by atoms with Gasteiger partial charge in [0.1, 0.15) is 0 Å². The topological polar surface area (TPSA) is 0 Å². The first-order valence-corrected chi connectivity index (χ1v) is 7.94. The minimum Gasteiger partial charge on any atom is -0.0874 e. The highest BCUT2D eigenvalue weighted by Crippen LogP contribution is 2.40. The number of aryl methyl sites for hydroxylation is 1. The van der Waals surface area contributed by atoms with E-state index in [2.05, 4.69) is 92.7 Å². The quantitative estimate of drug-likeness (QED) is 0.531. The maximum atomic E-state index is 2.39. The lowest BCUT2D eigenvalue weighted by atomic mass is 9.76. The third-order valence-electron chi connectivity index (χ3n) is 3.93. The van der Waals surface area contributed by atoms with Crippen LogP contribution in [-0.4, -0.2) is 0 Å². The van der Waals surface area contributed by atoms with Crippen molar-refractivity contribution >= 4 is 5.57 Å². The van der Waals surface area contributed by atoms with Crippen molar-refractivity contribution in [2.75, 3.05) is 0 Å². The first-order valence-electron chi connectivity index (χ1n) is 7.94. The summed E-state index contributed by atoms with van der Waals surface area (Å²) < 4.78 is 0. The van der Waals surface area contributed by atoms with E-state index in [4.69, 9.17) is 0 Å². The molecule has 0 heteroatoms. The molecule has 0 heterocycles. The fourth-order valence-corrected chi connectivity index (χ4v) is 2.90. The third kappa shape index (κ3) is 4.33. The van der Waals surface area contributed by atoms with Gasteiger partial charge in [-0.25, -0.2) is 0 Å². The zero-order chi connectivity index (χ0) is 16.4. The molecule has 0 unspecified atom stereocenters. The van der Waals surface area contributed by atoms with Gasteiger partial charge in [0, 0.05) is 0 Å². The van der Waals surface area contributed by atoms with Crippen molar-refractivity contribution < 1.29 is 0 Å². The summed E-state index contributed by atoms with van der Waals surface area (Å²) in [6.45, 7) is 20.3. The average molecular weight is 284 g/mol. The zero-order valence-corrected chi connectivity index (χ0v) is 15.4. The molecular formula is C21H32. The van der Waals surface area contributed by atoms with E-state index in [9.17, 15) is 0 Å². The van der Waals surface area contributed by atoms with E-state index in [0.29, 0.717) is 0 Å². The summed E-state index contributed by atoms with van der Waals surface area (Å²) in [6, 6.07) is 6.93. The molecule has 0 fully saturated rings. The van der Waals surface area contributed by atoms with Gasteiger partial charge in [0.15, 0.2) is 0 Å². The molecule has 0 aliphatic heterocycles. The number of allylic oxidation sites excluding steroid dienone is 4. The second kappa shape index (κ2) is 6.22. The van der Waals surface area contributed by atoms with Crippen molar-refractivity contribution in [2.24, 2.45) is 5.41 Å². The Morgan fingerprint density at radius 3 is 2.00 bits per heavy atom. The molecule has 0 aromatic heterocycles. The van der Waals surface area contributed by atoms with E-state index >= 15 is 0 Å². The number of hydrogen-bond donors (Lipinski definition) is 0. The van der Waals surface area contributed by atoms with Gasteiger partial charge >= 0.3 is 0 Å². The van der Waals surface area contributed by atoms with Crippen LogP contribution in [0.1, 0.15) is 72.1 Å². The molecule has 0 saturated heterocycles. The Balaban J connectivity index is 3.64. The first-order chi connectivity index (χ1) is 9.48. The zero-order valence-electron chi connectivity index (χ0n) is 15.4. The highest BCUT2D eigenvalue weighted by atomic mass is 14.3. The first kappa shape index (κ1) is 17.8. The van der Waals surface area contributed by atoms with E-state index in [0.717, 1.165) is 0 Å². The summed E-state index contributed by atoms with van der Waals surface area (Å²) in [5.74, 6) is 0. The second-order valence-electron chi connectivity index (χ2n) is 8.09. The van der Waals surface area contributed by atoms with Crippen molar-refractivity contribution in [3.8, 4) is 0 Å². The molecular weight excluding hydrogens is 252 g/mol. The normalized spacial score (nSPS) is 14.5. The van der Waals surface area contributed by atoms with Gasteiger partial charge in [-0.05, 0) is 59.4 Å². The van der Waals surface area contributed by atoms with Crippen LogP contribution in [0.4, 0.5) is 0 Å². The Bertz CT molecular complexity index is 555. The lowest BCUT2D eigenvalue weighted by Crippen LogP contribution is -2.15. The minimum absolute atomic E-state index is 0.130. The van der Waals surface area contributed by atoms with E-state index in [1.807, 2.05) is 0 Å². The highest BCUT2D eigenvalue weighted by Gasteiger charge is 2.24. The summed E-state index contributed by atoms with van der Waals surface area (Å²) in [5.41, 5.74) is 7.27. The third-order valence-corrected chi connectivity index (χ3v) is 3.93. The van der Waals surface area contributed by atoms with E-state index in [-0.39, 0.29) is 10.8 Å². The average Bonchev–Trinajstić information content (AvgIpc) is 2.29. The fourth-order valence-electron chi connectivity index (χ4n) is 2.90. The number of benzene rings is 1. The van der Waals surface area contributed by atoms with Crippen LogP contribution in [0.15, 0.2) is 35.9 Å². The van der Waals surface area contributed by atoms with Crippen molar-refractivity contribution in [3.05, 3.63) is 52.6 Å². The minimum atomic E-state index is 0.130. The molecule has 0 bridgehead atoms. The van der Waals surface area contributed by atoms with Crippen LogP contribution in [0.2, 0.25) is 0 Å². The molecule has 1 aromatic carbocycles. The van der Waals surface area contributed by atoms with Crippen LogP contribution >= 0.6 is 0 Å². The summed E-state index contributed by atoms with van der Waals surface area (Å²) in [6.07, 6.45) is 4.35. The Morgan fingerprint density at radius 2 is 1.57 bits per heavy atom. The van der Waals surface area contributed by atoms with Gasteiger partial charge in [-0.2, -0.15) is 0 Å².